The summed E-state index contributed by atoms with van der Waals surface area (Å²) in [4.78, 5) is 32.9. The summed E-state index contributed by atoms with van der Waals surface area (Å²) in [6.45, 7) is 0. The van der Waals surface area contributed by atoms with Crippen LogP contribution in [0, 0.1) is 5.82 Å². The Balaban J connectivity index is 2.72. The van der Waals surface area contributed by atoms with E-state index in [-0.39, 0.29) is 11.4 Å². The van der Waals surface area contributed by atoms with Crippen molar-refractivity contribution in [2.24, 2.45) is 0 Å². The number of carboxylic acids is 2. The van der Waals surface area contributed by atoms with Crippen molar-refractivity contribution in [3.8, 4) is 5.75 Å². The number of carbonyl (C=O) groups excluding carboxylic acids is 1. The second-order valence-corrected chi connectivity index (χ2v) is 3.94. The van der Waals surface area contributed by atoms with Crippen molar-refractivity contribution in [2.45, 2.75) is 12.5 Å². The fraction of sp³-hybridized carbons (Fsp3) is 0.250. The summed E-state index contributed by atoms with van der Waals surface area (Å²) < 4.78 is 17.9. The highest BCUT2D eigenvalue weighted by Gasteiger charge is 2.23. The Morgan fingerprint density at radius 3 is 2.52 bits per heavy atom. The third-order valence-electron chi connectivity index (χ3n) is 2.39. The predicted octanol–water partition coefficient (Wildman–Crippen LogP) is 0.884. The molecule has 21 heavy (non-hydrogen) atoms. The second kappa shape index (κ2) is 7.08. The summed E-state index contributed by atoms with van der Waals surface area (Å²) in [7, 11) is 1.25. The molecule has 4 N–H and O–H groups in total. The number of nitrogens with one attached hydrogen (secondary N) is 2. The Hall–Kier alpha value is -2.84. The van der Waals surface area contributed by atoms with Crippen molar-refractivity contribution >= 4 is 23.7 Å². The molecule has 9 heteroatoms. The van der Waals surface area contributed by atoms with Crippen LogP contribution in [0.15, 0.2) is 18.2 Å². The van der Waals surface area contributed by atoms with Crippen LogP contribution in [0.2, 0.25) is 0 Å². The van der Waals surface area contributed by atoms with Gasteiger partial charge in [0, 0.05) is 11.8 Å². The third kappa shape index (κ3) is 4.97. The molecule has 0 saturated heterocycles. The number of amides is 2. The first-order valence-corrected chi connectivity index (χ1v) is 5.69. The van der Waals surface area contributed by atoms with E-state index < -0.39 is 36.2 Å². The minimum atomic E-state index is -1.58. The zero-order chi connectivity index (χ0) is 16.0. The maximum absolute atomic E-state index is 13.2. The number of hydrogen-bond donors (Lipinski definition) is 4. The molecule has 0 bridgehead atoms. The van der Waals surface area contributed by atoms with Gasteiger partial charge in [0.15, 0.2) is 11.6 Å². The monoisotopic (exact) mass is 300 g/mol. The number of carboxylic acid groups (broad SMARTS) is 2. The number of benzene rings is 1. The summed E-state index contributed by atoms with van der Waals surface area (Å²) in [5.41, 5.74) is 0.158. The maximum atomic E-state index is 13.2. The molecule has 2 amide bonds. The molecule has 0 aromatic heterocycles. The molecule has 8 nitrogen and oxygen atoms in total. The van der Waals surface area contributed by atoms with Gasteiger partial charge in [0.25, 0.3) is 0 Å². The summed E-state index contributed by atoms with van der Waals surface area (Å²) in [6, 6.07) is 0.981. The van der Waals surface area contributed by atoms with E-state index in [1.807, 2.05) is 5.32 Å². The molecule has 0 aliphatic carbocycles. The van der Waals surface area contributed by atoms with Crippen molar-refractivity contribution in [1.82, 2.24) is 5.32 Å². The number of carbonyl (C=O) groups is 3. The molecule has 114 valence electrons. The average molecular weight is 300 g/mol. The van der Waals surface area contributed by atoms with Gasteiger partial charge in [0.2, 0.25) is 0 Å². The molecule has 0 aliphatic heterocycles. The van der Waals surface area contributed by atoms with Crippen LogP contribution >= 0.6 is 0 Å². The van der Waals surface area contributed by atoms with Gasteiger partial charge >= 0.3 is 18.0 Å². The highest BCUT2D eigenvalue weighted by atomic mass is 19.1. The van der Waals surface area contributed by atoms with E-state index in [0.717, 1.165) is 6.07 Å². The normalized spacial score (nSPS) is 11.3. The second-order valence-electron chi connectivity index (χ2n) is 3.94. The molecule has 1 aromatic carbocycles. The van der Waals surface area contributed by atoms with Gasteiger partial charge < -0.3 is 25.6 Å². The molecule has 1 atom stereocenters. The van der Waals surface area contributed by atoms with E-state index in [1.54, 1.807) is 0 Å². The molecule has 1 rings (SSSR count). The van der Waals surface area contributed by atoms with E-state index in [2.05, 4.69) is 5.32 Å². The predicted molar refractivity (Wildman–Crippen MR) is 68.8 cm³/mol. The Labute approximate surface area is 118 Å². The first kappa shape index (κ1) is 16.2. The van der Waals surface area contributed by atoms with Crippen LogP contribution in [0.25, 0.3) is 0 Å². The van der Waals surface area contributed by atoms with E-state index in [4.69, 9.17) is 14.9 Å². The zero-order valence-electron chi connectivity index (χ0n) is 10.9. The molecular weight excluding hydrogens is 287 g/mol. The number of urea groups is 1. The molecule has 0 aliphatic rings. The van der Waals surface area contributed by atoms with Crippen LogP contribution in [0.4, 0.5) is 14.9 Å². The van der Waals surface area contributed by atoms with Gasteiger partial charge in [0.1, 0.15) is 6.04 Å². The standard InChI is InChI=1S/C12H13FN2O6/c1-21-9-4-6(2-3-7(9)13)14-12(20)15-8(11(18)19)5-10(16)17/h2-4,8H,5H2,1H3,(H,16,17)(H,18,19)(H2,14,15,20). The average Bonchev–Trinajstić information content (AvgIpc) is 2.39. The van der Waals surface area contributed by atoms with Gasteiger partial charge in [-0.1, -0.05) is 0 Å². The summed E-state index contributed by atoms with van der Waals surface area (Å²) in [5, 5.41) is 21.6. The van der Waals surface area contributed by atoms with Gasteiger partial charge in [-0.15, -0.1) is 0 Å². The van der Waals surface area contributed by atoms with Crippen LogP contribution in [0.3, 0.4) is 0 Å². The highest BCUT2D eigenvalue weighted by molar-refractivity contribution is 5.93. The van der Waals surface area contributed by atoms with Gasteiger partial charge in [-0.3, -0.25) is 4.79 Å². The first-order chi connectivity index (χ1) is 9.83. The van der Waals surface area contributed by atoms with E-state index in [0.29, 0.717) is 0 Å². The Bertz CT molecular complexity index is 563. The molecule has 0 radical (unpaired) electrons. The van der Waals surface area contributed by atoms with Gasteiger partial charge in [0.05, 0.1) is 13.5 Å². The molecule has 0 heterocycles. The lowest BCUT2D eigenvalue weighted by atomic mass is 10.2. The third-order valence-corrected chi connectivity index (χ3v) is 2.39. The number of aliphatic carboxylic acids is 2. The zero-order valence-corrected chi connectivity index (χ0v) is 10.9. The summed E-state index contributed by atoms with van der Waals surface area (Å²) in [5.74, 6) is -3.58. The lowest BCUT2D eigenvalue weighted by Gasteiger charge is -2.13. The Kier molecular flexibility index (Phi) is 5.47. The summed E-state index contributed by atoms with van der Waals surface area (Å²) in [6.07, 6.45) is -0.768. The van der Waals surface area contributed by atoms with Gasteiger partial charge in [-0.2, -0.15) is 0 Å². The first-order valence-electron chi connectivity index (χ1n) is 5.69. The SMILES string of the molecule is COc1cc(NC(=O)NC(CC(=O)O)C(=O)O)ccc1F. The van der Waals surface area contributed by atoms with Crippen molar-refractivity contribution in [3.63, 3.8) is 0 Å². The van der Waals surface area contributed by atoms with Crippen molar-refractivity contribution in [3.05, 3.63) is 24.0 Å². The molecule has 1 unspecified atom stereocenters. The highest BCUT2D eigenvalue weighted by Crippen LogP contribution is 2.21. The Morgan fingerprint density at radius 1 is 1.33 bits per heavy atom. The molecule has 0 saturated carbocycles. The lowest BCUT2D eigenvalue weighted by molar-refractivity contribution is -0.145. The number of ether oxygens (including phenoxy) is 1. The Morgan fingerprint density at radius 2 is 2.00 bits per heavy atom. The number of hydrogen-bond acceptors (Lipinski definition) is 4. The van der Waals surface area contributed by atoms with Crippen LogP contribution in [0.1, 0.15) is 6.42 Å². The smallest absolute Gasteiger partial charge is 0.326 e. The fourth-order valence-corrected chi connectivity index (χ4v) is 1.44. The molecule has 0 spiro atoms. The largest absolute Gasteiger partial charge is 0.494 e. The van der Waals surface area contributed by atoms with Crippen molar-refractivity contribution < 1.29 is 33.7 Å². The van der Waals surface area contributed by atoms with Crippen molar-refractivity contribution in [1.29, 1.82) is 0 Å². The molecule has 1 aromatic rings. The number of rotatable bonds is 6. The maximum Gasteiger partial charge on any atom is 0.326 e. The number of anilines is 1. The lowest BCUT2D eigenvalue weighted by Crippen LogP contribution is -2.44. The molecular formula is C12H13FN2O6. The van der Waals surface area contributed by atoms with E-state index in [9.17, 15) is 18.8 Å². The van der Waals surface area contributed by atoms with E-state index in [1.165, 1.54) is 19.2 Å². The van der Waals surface area contributed by atoms with Gasteiger partial charge in [-0.05, 0) is 12.1 Å². The minimum absolute atomic E-state index is 0.104. The van der Waals surface area contributed by atoms with Crippen LogP contribution < -0.4 is 15.4 Å². The number of halogens is 1. The van der Waals surface area contributed by atoms with Crippen molar-refractivity contribution in [2.75, 3.05) is 12.4 Å². The van der Waals surface area contributed by atoms with E-state index >= 15 is 0 Å². The van der Waals surface area contributed by atoms with Crippen LogP contribution in [-0.4, -0.2) is 41.3 Å². The summed E-state index contributed by atoms with van der Waals surface area (Å²) >= 11 is 0. The quantitative estimate of drug-likeness (QED) is 0.618. The fourth-order valence-electron chi connectivity index (χ4n) is 1.44. The number of methoxy groups -OCH3 is 1. The van der Waals surface area contributed by atoms with Crippen LogP contribution in [0.5, 0.6) is 5.75 Å². The minimum Gasteiger partial charge on any atom is -0.494 e. The molecule has 0 fully saturated rings. The topological polar surface area (TPSA) is 125 Å². The van der Waals surface area contributed by atoms with Gasteiger partial charge in [-0.25, -0.2) is 14.0 Å². The van der Waals surface area contributed by atoms with Crippen LogP contribution in [-0.2, 0) is 9.59 Å².